The maximum atomic E-state index is 13.1. The molecule has 2 aliphatic rings. The first-order valence-electron chi connectivity index (χ1n) is 10.1. The predicted molar refractivity (Wildman–Crippen MR) is 116 cm³/mol. The van der Waals surface area contributed by atoms with Crippen LogP contribution >= 0.6 is 0 Å². The lowest BCUT2D eigenvalue weighted by atomic mass is 10.0. The summed E-state index contributed by atoms with van der Waals surface area (Å²) >= 11 is 0. The number of anilines is 1. The summed E-state index contributed by atoms with van der Waals surface area (Å²) in [7, 11) is 0. The molecule has 2 amide bonds. The van der Waals surface area contributed by atoms with Gasteiger partial charge in [0.2, 0.25) is 0 Å². The second-order valence-electron chi connectivity index (χ2n) is 6.95. The molecule has 0 unspecified atom stereocenters. The first-order chi connectivity index (χ1) is 14.7. The highest BCUT2D eigenvalue weighted by molar-refractivity contribution is 6.39. The Bertz CT molecular complexity index is 991. The van der Waals surface area contributed by atoms with Gasteiger partial charge >= 0.3 is 6.09 Å². The molecule has 0 saturated carbocycles. The molecule has 0 N–H and O–H groups in total. The first kappa shape index (κ1) is 19.9. The molecular formula is C24H24N2O4. The SMILES string of the molecule is CCOC(=O)N1C(=O)/C(=C\C=C(\c2ccccc2)N2CCOCC2)c2ccccc21. The third-order valence-electron chi connectivity index (χ3n) is 5.15. The van der Waals surface area contributed by atoms with Crippen LogP contribution in [0.25, 0.3) is 11.3 Å². The Balaban J connectivity index is 1.75. The zero-order valence-corrected chi connectivity index (χ0v) is 16.9. The van der Waals surface area contributed by atoms with Gasteiger partial charge < -0.3 is 14.4 Å². The van der Waals surface area contributed by atoms with Gasteiger partial charge in [-0.05, 0) is 30.7 Å². The summed E-state index contributed by atoms with van der Waals surface area (Å²) in [6.07, 6.45) is 3.11. The Kier molecular flexibility index (Phi) is 5.95. The minimum absolute atomic E-state index is 0.207. The Morgan fingerprint density at radius 1 is 1.07 bits per heavy atom. The number of amides is 2. The molecule has 0 bridgehead atoms. The summed E-state index contributed by atoms with van der Waals surface area (Å²) in [4.78, 5) is 28.8. The molecular weight excluding hydrogens is 380 g/mol. The molecule has 1 saturated heterocycles. The van der Waals surface area contributed by atoms with Crippen LogP contribution in [0.5, 0.6) is 0 Å². The summed E-state index contributed by atoms with van der Waals surface area (Å²) in [6.45, 7) is 4.82. The van der Waals surface area contributed by atoms with Crippen molar-refractivity contribution in [1.82, 2.24) is 4.90 Å². The summed E-state index contributed by atoms with van der Waals surface area (Å²) in [6, 6.07) is 17.3. The van der Waals surface area contributed by atoms with Crippen LogP contribution in [0.1, 0.15) is 18.1 Å². The van der Waals surface area contributed by atoms with Crippen LogP contribution in [0.4, 0.5) is 10.5 Å². The number of hydrogen-bond donors (Lipinski definition) is 0. The standard InChI is InChI=1S/C24H24N2O4/c1-2-30-24(28)26-22-11-7-6-10-19(22)20(23(26)27)12-13-21(18-8-4-3-5-9-18)25-14-16-29-17-15-25/h3-13H,2,14-17H2,1H3/b20-12-,21-13-. The number of benzene rings is 2. The van der Waals surface area contributed by atoms with Crippen molar-refractivity contribution < 1.29 is 19.1 Å². The number of hydrogen-bond acceptors (Lipinski definition) is 5. The van der Waals surface area contributed by atoms with Crippen LogP contribution in [0.15, 0.2) is 66.7 Å². The first-order valence-corrected chi connectivity index (χ1v) is 10.1. The number of imide groups is 1. The van der Waals surface area contributed by atoms with Crippen molar-refractivity contribution in [3.63, 3.8) is 0 Å². The van der Waals surface area contributed by atoms with Crippen LogP contribution < -0.4 is 4.90 Å². The minimum atomic E-state index is -0.654. The maximum absolute atomic E-state index is 13.1. The van der Waals surface area contributed by atoms with Crippen molar-refractivity contribution in [2.45, 2.75) is 6.92 Å². The molecule has 0 spiro atoms. The number of para-hydroxylation sites is 1. The van der Waals surface area contributed by atoms with E-state index in [0.717, 1.165) is 34.8 Å². The van der Waals surface area contributed by atoms with E-state index in [4.69, 9.17) is 9.47 Å². The molecule has 2 aromatic carbocycles. The largest absolute Gasteiger partial charge is 0.449 e. The van der Waals surface area contributed by atoms with Crippen molar-refractivity contribution in [1.29, 1.82) is 0 Å². The fraction of sp³-hybridized carbons (Fsp3) is 0.250. The van der Waals surface area contributed by atoms with E-state index >= 15 is 0 Å². The van der Waals surface area contributed by atoms with Crippen molar-refractivity contribution in [3.8, 4) is 0 Å². The van der Waals surface area contributed by atoms with Crippen molar-refractivity contribution >= 4 is 29.0 Å². The van der Waals surface area contributed by atoms with Gasteiger partial charge in [-0.2, -0.15) is 0 Å². The summed E-state index contributed by atoms with van der Waals surface area (Å²) in [5, 5.41) is 0. The minimum Gasteiger partial charge on any atom is -0.449 e. The van der Waals surface area contributed by atoms with Gasteiger partial charge in [0, 0.05) is 29.9 Å². The smallest absolute Gasteiger partial charge is 0.421 e. The number of nitrogens with zero attached hydrogens (tertiary/aromatic N) is 2. The zero-order valence-electron chi connectivity index (χ0n) is 16.9. The highest BCUT2D eigenvalue weighted by atomic mass is 16.6. The number of allylic oxidation sites excluding steroid dienone is 2. The highest BCUT2D eigenvalue weighted by Crippen LogP contribution is 2.37. The van der Waals surface area contributed by atoms with Crippen molar-refractivity contribution in [3.05, 3.63) is 77.9 Å². The number of carbonyl (C=O) groups excluding carboxylic acids is 2. The molecule has 0 aromatic heterocycles. The molecule has 2 aliphatic heterocycles. The van der Waals surface area contributed by atoms with E-state index in [1.807, 2.05) is 36.4 Å². The number of morpholine rings is 1. The third kappa shape index (κ3) is 3.86. The molecule has 154 valence electrons. The van der Waals surface area contributed by atoms with Gasteiger partial charge in [-0.25, -0.2) is 9.69 Å². The Labute approximate surface area is 176 Å². The second kappa shape index (κ2) is 8.97. The summed E-state index contributed by atoms with van der Waals surface area (Å²) < 4.78 is 10.6. The van der Waals surface area contributed by atoms with Gasteiger partial charge in [0.1, 0.15) is 0 Å². The molecule has 1 fully saturated rings. The van der Waals surface area contributed by atoms with E-state index in [0.29, 0.717) is 24.5 Å². The molecule has 4 rings (SSSR count). The third-order valence-corrected chi connectivity index (χ3v) is 5.15. The van der Waals surface area contributed by atoms with E-state index in [1.54, 1.807) is 25.1 Å². The number of rotatable bonds is 4. The number of ether oxygens (including phenoxy) is 2. The fourth-order valence-electron chi connectivity index (χ4n) is 3.73. The lowest BCUT2D eigenvalue weighted by Crippen LogP contribution is -2.35. The van der Waals surface area contributed by atoms with Crippen LogP contribution in [0, 0.1) is 0 Å². The fourth-order valence-corrected chi connectivity index (χ4v) is 3.73. The predicted octanol–water partition coefficient (Wildman–Crippen LogP) is 3.95. The highest BCUT2D eigenvalue weighted by Gasteiger charge is 2.37. The molecule has 6 nitrogen and oxygen atoms in total. The zero-order chi connectivity index (χ0) is 20.9. The molecule has 30 heavy (non-hydrogen) atoms. The van der Waals surface area contributed by atoms with Gasteiger partial charge in [0.05, 0.1) is 25.5 Å². The number of carbonyl (C=O) groups is 2. The topological polar surface area (TPSA) is 59.1 Å². The van der Waals surface area contributed by atoms with Gasteiger partial charge in [-0.3, -0.25) is 4.79 Å². The average Bonchev–Trinajstić information content (AvgIpc) is 3.07. The van der Waals surface area contributed by atoms with Gasteiger partial charge in [-0.1, -0.05) is 48.5 Å². The van der Waals surface area contributed by atoms with Crippen LogP contribution in [-0.2, 0) is 14.3 Å². The van der Waals surface area contributed by atoms with E-state index in [1.165, 1.54) is 0 Å². The summed E-state index contributed by atoms with van der Waals surface area (Å²) in [5.74, 6) is -0.375. The van der Waals surface area contributed by atoms with Gasteiger partial charge in [0.25, 0.3) is 5.91 Å². The average molecular weight is 404 g/mol. The van der Waals surface area contributed by atoms with E-state index in [9.17, 15) is 9.59 Å². The second-order valence-corrected chi connectivity index (χ2v) is 6.95. The maximum Gasteiger partial charge on any atom is 0.421 e. The van der Waals surface area contributed by atoms with Gasteiger partial charge in [0.15, 0.2) is 0 Å². The monoisotopic (exact) mass is 404 g/mol. The van der Waals surface area contributed by atoms with Crippen LogP contribution in [-0.4, -0.2) is 49.8 Å². The van der Waals surface area contributed by atoms with Crippen LogP contribution in [0.2, 0.25) is 0 Å². The quantitative estimate of drug-likeness (QED) is 0.723. The number of fused-ring (bicyclic) bond motifs is 1. The normalized spacial score (nSPS) is 18.0. The molecule has 2 heterocycles. The van der Waals surface area contributed by atoms with E-state index < -0.39 is 6.09 Å². The Morgan fingerprint density at radius 3 is 2.50 bits per heavy atom. The lowest BCUT2D eigenvalue weighted by molar-refractivity contribution is -0.112. The molecule has 0 radical (unpaired) electrons. The van der Waals surface area contributed by atoms with E-state index in [2.05, 4.69) is 17.0 Å². The van der Waals surface area contributed by atoms with E-state index in [-0.39, 0.29) is 12.5 Å². The molecule has 6 heteroatoms. The molecule has 2 aromatic rings. The van der Waals surface area contributed by atoms with Crippen molar-refractivity contribution in [2.24, 2.45) is 0 Å². The molecule has 0 atom stereocenters. The molecule has 0 aliphatic carbocycles. The van der Waals surface area contributed by atoms with Gasteiger partial charge in [-0.15, -0.1) is 0 Å². The Hall–Kier alpha value is -3.38. The Morgan fingerprint density at radius 2 is 1.77 bits per heavy atom. The lowest BCUT2D eigenvalue weighted by Gasteiger charge is -2.31. The summed E-state index contributed by atoms with van der Waals surface area (Å²) in [5.41, 5.74) is 3.83. The van der Waals surface area contributed by atoms with Crippen LogP contribution in [0.3, 0.4) is 0 Å². The van der Waals surface area contributed by atoms with Crippen molar-refractivity contribution in [2.75, 3.05) is 37.8 Å².